The van der Waals surface area contributed by atoms with E-state index in [2.05, 4.69) is 10.5 Å². The smallest absolute Gasteiger partial charge is 0.251 e. The van der Waals surface area contributed by atoms with Crippen LogP contribution in [0.4, 0.5) is 0 Å². The molecule has 178 valence electrons. The van der Waals surface area contributed by atoms with Crippen molar-refractivity contribution in [3.63, 3.8) is 0 Å². The third kappa shape index (κ3) is 6.03. The fourth-order valence-electron chi connectivity index (χ4n) is 3.94. The van der Waals surface area contributed by atoms with Crippen molar-refractivity contribution in [3.05, 3.63) is 110 Å². The molecule has 1 aromatic heterocycles. The number of hydrogen-bond acceptors (Lipinski definition) is 6. The summed E-state index contributed by atoms with van der Waals surface area (Å²) in [6.07, 6.45) is 1.01. The maximum atomic E-state index is 12.4. The average molecular weight is 464 g/mol. The molecule has 0 aliphatic rings. The number of aromatic nitrogens is 1. The maximum absolute atomic E-state index is 12.4. The standard InChI is InChI=1S/C26H29N3O5/c1-17-5-3-4-6-22(17)23(13-24(28-34)20-11-12-25(32)29(2)15-20)18-7-9-19(10-8-18)26(33)27-14-21(31)16-30/h3-12,15,21,23-24,30-31H,13-14,16H2,1-2H3,(H,27,33)/t21-,23?,24?/m1/s1. The minimum atomic E-state index is -1.01. The molecule has 8 nitrogen and oxygen atoms in total. The number of rotatable bonds is 10. The highest BCUT2D eigenvalue weighted by Crippen LogP contribution is 2.37. The Balaban J connectivity index is 1.91. The fourth-order valence-corrected chi connectivity index (χ4v) is 3.94. The van der Waals surface area contributed by atoms with Gasteiger partial charge in [-0.1, -0.05) is 41.6 Å². The van der Waals surface area contributed by atoms with Crippen LogP contribution in [0.3, 0.4) is 0 Å². The summed E-state index contributed by atoms with van der Waals surface area (Å²) in [6.45, 7) is 1.53. The first-order valence-electron chi connectivity index (χ1n) is 11.1. The average Bonchev–Trinajstić information content (AvgIpc) is 2.85. The van der Waals surface area contributed by atoms with E-state index in [0.29, 0.717) is 17.5 Å². The van der Waals surface area contributed by atoms with Crippen LogP contribution < -0.4 is 10.9 Å². The maximum Gasteiger partial charge on any atom is 0.251 e. The third-order valence-electron chi connectivity index (χ3n) is 5.93. The molecule has 0 saturated carbocycles. The van der Waals surface area contributed by atoms with E-state index in [9.17, 15) is 19.6 Å². The molecule has 8 heteroatoms. The van der Waals surface area contributed by atoms with Crippen LogP contribution in [0.2, 0.25) is 0 Å². The highest BCUT2D eigenvalue weighted by Gasteiger charge is 2.24. The van der Waals surface area contributed by atoms with Crippen molar-refractivity contribution in [1.82, 2.24) is 9.88 Å². The zero-order valence-corrected chi connectivity index (χ0v) is 19.2. The summed E-state index contributed by atoms with van der Waals surface area (Å²) >= 11 is 0. The van der Waals surface area contributed by atoms with Crippen molar-refractivity contribution >= 4 is 5.91 Å². The minimum Gasteiger partial charge on any atom is -0.394 e. The normalized spacial score (nSPS) is 13.6. The Morgan fingerprint density at radius 3 is 2.35 bits per heavy atom. The van der Waals surface area contributed by atoms with Crippen LogP contribution in [0, 0.1) is 11.8 Å². The van der Waals surface area contributed by atoms with Gasteiger partial charge in [0.25, 0.3) is 5.91 Å². The Morgan fingerprint density at radius 2 is 1.74 bits per heavy atom. The lowest BCUT2D eigenvalue weighted by Crippen LogP contribution is -2.33. The number of aryl methyl sites for hydroxylation is 2. The topological polar surface area (TPSA) is 121 Å². The largest absolute Gasteiger partial charge is 0.394 e. The van der Waals surface area contributed by atoms with E-state index in [0.717, 1.165) is 16.7 Å². The number of aliphatic hydroxyl groups excluding tert-OH is 2. The summed E-state index contributed by atoms with van der Waals surface area (Å²) in [5.74, 6) is -0.529. The van der Waals surface area contributed by atoms with E-state index in [1.807, 2.05) is 43.3 Å². The van der Waals surface area contributed by atoms with Gasteiger partial charge in [0.05, 0.1) is 12.7 Å². The van der Waals surface area contributed by atoms with Crippen LogP contribution in [0.5, 0.6) is 0 Å². The number of nitrogens with zero attached hydrogens (tertiary/aromatic N) is 2. The Hall–Kier alpha value is -3.62. The zero-order chi connectivity index (χ0) is 24.7. The van der Waals surface area contributed by atoms with Crippen LogP contribution in [-0.2, 0) is 7.05 Å². The van der Waals surface area contributed by atoms with Crippen LogP contribution >= 0.6 is 0 Å². The summed E-state index contributed by atoms with van der Waals surface area (Å²) in [5.41, 5.74) is 3.94. The predicted molar refractivity (Wildman–Crippen MR) is 130 cm³/mol. The lowest BCUT2D eigenvalue weighted by molar-refractivity contribution is 0.0802. The van der Waals surface area contributed by atoms with Gasteiger partial charge in [-0.05, 0) is 53.8 Å². The molecule has 2 unspecified atom stereocenters. The van der Waals surface area contributed by atoms with Crippen molar-refractivity contribution in [2.75, 3.05) is 13.2 Å². The molecular formula is C26H29N3O5. The first-order valence-corrected chi connectivity index (χ1v) is 11.1. The third-order valence-corrected chi connectivity index (χ3v) is 5.93. The van der Waals surface area contributed by atoms with E-state index in [4.69, 9.17) is 5.11 Å². The monoisotopic (exact) mass is 463 g/mol. The number of aliphatic hydroxyl groups is 2. The van der Waals surface area contributed by atoms with Gasteiger partial charge in [0.1, 0.15) is 6.04 Å². The molecule has 34 heavy (non-hydrogen) atoms. The van der Waals surface area contributed by atoms with Gasteiger partial charge in [0, 0.05) is 37.3 Å². The van der Waals surface area contributed by atoms with Gasteiger partial charge in [-0.2, -0.15) is 4.91 Å². The predicted octanol–water partition coefficient (Wildman–Crippen LogP) is 2.81. The number of hydrogen-bond donors (Lipinski definition) is 3. The Bertz CT molecular complexity index is 1190. The second-order valence-corrected chi connectivity index (χ2v) is 8.35. The molecule has 0 bridgehead atoms. The van der Waals surface area contributed by atoms with Crippen molar-refractivity contribution in [2.45, 2.75) is 31.4 Å². The van der Waals surface area contributed by atoms with E-state index in [-0.39, 0.29) is 23.9 Å². The summed E-state index contributed by atoms with van der Waals surface area (Å²) in [7, 11) is 1.63. The highest BCUT2D eigenvalue weighted by molar-refractivity contribution is 5.94. The molecule has 0 aliphatic heterocycles. The van der Waals surface area contributed by atoms with E-state index < -0.39 is 18.8 Å². The van der Waals surface area contributed by atoms with Crippen molar-refractivity contribution in [1.29, 1.82) is 0 Å². The van der Waals surface area contributed by atoms with Crippen molar-refractivity contribution in [3.8, 4) is 0 Å². The molecule has 3 rings (SSSR count). The van der Waals surface area contributed by atoms with Crippen LogP contribution in [0.1, 0.15) is 51.0 Å². The van der Waals surface area contributed by atoms with Gasteiger partial charge in [-0.15, -0.1) is 0 Å². The number of benzene rings is 2. The molecule has 1 heterocycles. The van der Waals surface area contributed by atoms with Gasteiger partial charge >= 0.3 is 0 Å². The lowest BCUT2D eigenvalue weighted by Gasteiger charge is -2.23. The quantitative estimate of drug-likeness (QED) is 0.399. The number of nitroso groups, excluding NO2 is 1. The van der Waals surface area contributed by atoms with Gasteiger partial charge in [-0.3, -0.25) is 9.59 Å². The Labute approximate surface area is 197 Å². The molecule has 3 N–H and O–H groups in total. The summed E-state index contributed by atoms with van der Waals surface area (Å²) in [4.78, 5) is 36.0. The SMILES string of the molecule is Cc1ccccc1C(CC(N=O)c1ccc(=O)n(C)c1)c1ccc(C(=O)NC[C@@H](O)CO)cc1. The molecule has 1 amide bonds. The lowest BCUT2D eigenvalue weighted by atomic mass is 9.82. The molecule has 0 radical (unpaired) electrons. The first-order chi connectivity index (χ1) is 16.3. The molecule has 3 atom stereocenters. The summed E-state index contributed by atoms with van der Waals surface area (Å²) in [6, 6.07) is 17.4. The number of carbonyl (C=O) groups excluding carboxylic acids is 1. The number of pyridine rings is 1. The van der Waals surface area contributed by atoms with Crippen LogP contribution in [0.15, 0.2) is 76.8 Å². The number of carbonyl (C=O) groups is 1. The summed E-state index contributed by atoms with van der Waals surface area (Å²) in [5, 5.41) is 24.3. The number of nitrogens with one attached hydrogen (secondary N) is 1. The Kier molecular flexibility index (Phi) is 8.45. The zero-order valence-electron chi connectivity index (χ0n) is 19.2. The second-order valence-electron chi connectivity index (χ2n) is 8.35. The minimum absolute atomic E-state index is 0.0464. The van der Waals surface area contributed by atoms with Gasteiger partial charge < -0.3 is 20.1 Å². The van der Waals surface area contributed by atoms with Gasteiger partial charge in [0.15, 0.2) is 0 Å². The van der Waals surface area contributed by atoms with Crippen LogP contribution in [0.25, 0.3) is 0 Å². The molecular weight excluding hydrogens is 434 g/mol. The Morgan fingerprint density at radius 1 is 1.06 bits per heavy atom. The van der Waals surface area contributed by atoms with Crippen LogP contribution in [-0.4, -0.2) is 39.9 Å². The van der Waals surface area contributed by atoms with Gasteiger partial charge in [0.2, 0.25) is 5.56 Å². The molecule has 3 aromatic rings. The molecule has 2 aromatic carbocycles. The summed E-state index contributed by atoms with van der Waals surface area (Å²) < 4.78 is 1.43. The molecule has 0 spiro atoms. The highest BCUT2D eigenvalue weighted by atomic mass is 16.3. The van der Waals surface area contributed by atoms with Crippen molar-refractivity contribution < 1.29 is 15.0 Å². The molecule has 0 saturated heterocycles. The fraction of sp³-hybridized carbons (Fsp3) is 0.308. The van der Waals surface area contributed by atoms with E-state index >= 15 is 0 Å². The second kappa shape index (κ2) is 11.5. The molecule has 0 aliphatic carbocycles. The first kappa shape index (κ1) is 25.0. The molecule has 0 fully saturated rings. The van der Waals surface area contributed by atoms with E-state index in [1.54, 1.807) is 31.4 Å². The van der Waals surface area contributed by atoms with Gasteiger partial charge in [-0.25, -0.2) is 0 Å². The van der Waals surface area contributed by atoms with Crippen molar-refractivity contribution in [2.24, 2.45) is 12.2 Å². The number of amides is 1. The van der Waals surface area contributed by atoms with E-state index in [1.165, 1.54) is 10.6 Å².